The summed E-state index contributed by atoms with van der Waals surface area (Å²) in [6.45, 7) is 1.11. The number of aromatic amines is 1. The molecular formula is C26H25N5O2. The van der Waals surface area contributed by atoms with Crippen LogP contribution >= 0.6 is 0 Å². The van der Waals surface area contributed by atoms with E-state index in [1.807, 2.05) is 36.4 Å². The summed E-state index contributed by atoms with van der Waals surface area (Å²) in [5, 5.41) is 3.68. The average molecular weight is 440 g/mol. The van der Waals surface area contributed by atoms with E-state index in [-0.39, 0.29) is 17.7 Å². The first-order valence-corrected chi connectivity index (χ1v) is 11.1. The fourth-order valence-electron chi connectivity index (χ4n) is 4.35. The first kappa shape index (κ1) is 20.9. The van der Waals surface area contributed by atoms with E-state index in [1.165, 1.54) is 0 Å². The summed E-state index contributed by atoms with van der Waals surface area (Å²) >= 11 is 0. The number of nitrogens with zero attached hydrogens (tertiary/aromatic N) is 3. The number of carbonyl (C=O) groups excluding carboxylic acids is 2. The molecule has 0 radical (unpaired) electrons. The lowest BCUT2D eigenvalue weighted by molar-refractivity contribution is -0.125. The SMILES string of the molecule is CNC(=O)C1CCN(C(=O)c2cccc(-c3cnc4[nH]c(-c5ccccc5)cc4c3)n2)CC1. The number of hydrogen-bond acceptors (Lipinski definition) is 4. The minimum atomic E-state index is -0.103. The van der Waals surface area contributed by atoms with Gasteiger partial charge < -0.3 is 15.2 Å². The van der Waals surface area contributed by atoms with E-state index in [0.29, 0.717) is 37.3 Å². The molecule has 7 heteroatoms. The van der Waals surface area contributed by atoms with Crippen LogP contribution in [-0.2, 0) is 4.79 Å². The van der Waals surface area contributed by atoms with Crippen molar-refractivity contribution in [2.75, 3.05) is 20.1 Å². The van der Waals surface area contributed by atoms with E-state index in [4.69, 9.17) is 0 Å². The Morgan fingerprint density at radius 3 is 2.55 bits per heavy atom. The summed E-state index contributed by atoms with van der Waals surface area (Å²) < 4.78 is 0. The van der Waals surface area contributed by atoms with Gasteiger partial charge >= 0.3 is 0 Å². The highest BCUT2D eigenvalue weighted by atomic mass is 16.2. The number of benzene rings is 1. The fourth-order valence-corrected chi connectivity index (χ4v) is 4.35. The number of likely N-dealkylation sites (tertiary alicyclic amines) is 1. The number of rotatable bonds is 4. The summed E-state index contributed by atoms with van der Waals surface area (Å²) in [6.07, 6.45) is 3.12. The topological polar surface area (TPSA) is 91.0 Å². The Bertz CT molecular complexity index is 1310. The molecule has 1 saturated heterocycles. The van der Waals surface area contributed by atoms with Crippen molar-refractivity contribution in [2.24, 2.45) is 5.92 Å². The molecule has 0 spiro atoms. The molecule has 7 nitrogen and oxygen atoms in total. The molecule has 0 bridgehead atoms. The lowest BCUT2D eigenvalue weighted by Crippen LogP contribution is -2.42. The maximum atomic E-state index is 13.0. The number of amides is 2. The Hall–Kier alpha value is -4.00. The normalized spacial score (nSPS) is 14.4. The Labute approximate surface area is 191 Å². The Morgan fingerprint density at radius 2 is 1.79 bits per heavy atom. The molecule has 1 fully saturated rings. The number of piperidine rings is 1. The van der Waals surface area contributed by atoms with E-state index < -0.39 is 0 Å². The summed E-state index contributed by atoms with van der Waals surface area (Å²) in [4.78, 5) is 39.3. The predicted molar refractivity (Wildman–Crippen MR) is 127 cm³/mol. The van der Waals surface area contributed by atoms with Gasteiger partial charge in [-0.1, -0.05) is 36.4 Å². The molecule has 2 N–H and O–H groups in total. The largest absolute Gasteiger partial charge is 0.359 e. The molecule has 33 heavy (non-hydrogen) atoms. The number of pyridine rings is 2. The van der Waals surface area contributed by atoms with Crippen molar-refractivity contribution in [3.63, 3.8) is 0 Å². The molecule has 2 amide bonds. The Balaban J connectivity index is 1.36. The monoisotopic (exact) mass is 439 g/mol. The number of fused-ring (bicyclic) bond motifs is 1. The van der Waals surface area contributed by atoms with E-state index >= 15 is 0 Å². The van der Waals surface area contributed by atoms with Gasteiger partial charge in [-0.05, 0) is 42.7 Å². The van der Waals surface area contributed by atoms with Crippen molar-refractivity contribution < 1.29 is 9.59 Å². The molecule has 0 aliphatic carbocycles. The van der Waals surface area contributed by atoms with Gasteiger partial charge in [-0.3, -0.25) is 9.59 Å². The lowest BCUT2D eigenvalue weighted by Gasteiger charge is -2.30. The van der Waals surface area contributed by atoms with Crippen LogP contribution in [0.5, 0.6) is 0 Å². The molecule has 1 aliphatic heterocycles. The fraction of sp³-hybridized carbons (Fsp3) is 0.231. The van der Waals surface area contributed by atoms with Crippen molar-refractivity contribution >= 4 is 22.8 Å². The van der Waals surface area contributed by atoms with Gasteiger partial charge in [-0.2, -0.15) is 0 Å². The van der Waals surface area contributed by atoms with Gasteiger partial charge in [0.1, 0.15) is 11.3 Å². The molecule has 1 aromatic carbocycles. The minimum absolute atomic E-state index is 0.0294. The maximum Gasteiger partial charge on any atom is 0.272 e. The van der Waals surface area contributed by atoms with Crippen LogP contribution < -0.4 is 5.32 Å². The smallest absolute Gasteiger partial charge is 0.272 e. The summed E-state index contributed by atoms with van der Waals surface area (Å²) in [5.74, 6) is -0.0854. The molecule has 0 unspecified atom stereocenters. The second-order valence-electron chi connectivity index (χ2n) is 8.30. The number of aromatic nitrogens is 3. The molecular weight excluding hydrogens is 414 g/mol. The zero-order chi connectivity index (χ0) is 22.8. The molecule has 166 valence electrons. The van der Waals surface area contributed by atoms with Crippen molar-refractivity contribution in [2.45, 2.75) is 12.8 Å². The second-order valence-corrected chi connectivity index (χ2v) is 8.30. The highest BCUT2D eigenvalue weighted by Gasteiger charge is 2.27. The van der Waals surface area contributed by atoms with Crippen LogP contribution in [0.15, 0.2) is 66.9 Å². The summed E-state index contributed by atoms with van der Waals surface area (Å²) in [6, 6.07) is 19.7. The lowest BCUT2D eigenvalue weighted by atomic mass is 9.96. The Kier molecular flexibility index (Phi) is 5.60. The molecule has 4 aromatic rings. The number of hydrogen-bond donors (Lipinski definition) is 2. The summed E-state index contributed by atoms with van der Waals surface area (Å²) in [7, 11) is 1.65. The van der Waals surface area contributed by atoms with Crippen molar-refractivity contribution in [1.82, 2.24) is 25.2 Å². The standard InChI is InChI=1S/C26H25N5O2/c1-27-25(32)18-10-12-31(13-11-18)26(33)22-9-5-8-21(29-22)20-14-19-15-23(30-24(19)28-16-20)17-6-3-2-4-7-17/h2-9,14-16,18H,10-13H2,1H3,(H,27,32)(H,28,30). The van der Waals surface area contributed by atoms with Gasteiger partial charge in [0.05, 0.1) is 5.69 Å². The van der Waals surface area contributed by atoms with Gasteiger partial charge in [0, 0.05) is 48.9 Å². The molecule has 0 atom stereocenters. The van der Waals surface area contributed by atoms with Crippen molar-refractivity contribution in [3.8, 4) is 22.5 Å². The zero-order valence-corrected chi connectivity index (χ0v) is 18.4. The third-order valence-corrected chi connectivity index (χ3v) is 6.22. The van der Waals surface area contributed by atoms with Crippen molar-refractivity contribution in [1.29, 1.82) is 0 Å². The van der Waals surface area contributed by atoms with Crippen LogP contribution in [0.25, 0.3) is 33.5 Å². The van der Waals surface area contributed by atoms with Crippen LogP contribution in [0.4, 0.5) is 0 Å². The molecule has 0 saturated carbocycles. The van der Waals surface area contributed by atoms with E-state index in [0.717, 1.165) is 27.9 Å². The van der Waals surface area contributed by atoms with Gasteiger partial charge in [0.25, 0.3) is 5.91 Å². The molecule has 3 aromatic heterocycles. The minimum Gasteiger partial charge on any atom is -0.359 e. The highest BCUT2D eigenvalue weighted by Crippen LogP contribution is 2.27. The van der Waals surface area contributed by atoms with E-state index in [2.05, 4.69) is 38.5 Å². The van der Waals surface area contributed by atoms with Crippen LogP contribution in [0.1, 0.15) is 23.3 Å². The molecule has 1 aliphatic rings. The van der Waals surface area contributed by atoms with Gasteiger partial charge in [-0.25, -0.2) is 9.97 Å². The number of H-pyrrole nitrogens is 1. The second kappa shape index (κ2) is 8.86. The molecule has 4 heterocycles. The first-order chi connectivity index (χ1) is 16.1. The average Bonchev–Trinajstić information content (AvgIpc) is 3.32. The van der Waals surface area contributed by atoms with Crippen LogP contribution in [0, 0.1) is 5.92 Å². The predicted octanol–water partition coefficient (Wildman–Crippen LogP) is 3.89. The van der Waals surface area contributed by atoms with Gasteiger partial charge in [0.15, 0.2) is 0 Å². The first-order valence-electron chi connectivity index (χ1n) is 11.1. The van der Waals surface area contributed by atoms with Gasteiger partial charge in [0.2, 0.25) is 5.91 Å². The van der Waals surface area contributed by atoms with Crippen molar-refractivity contribution in [3.05, 3.63) is 72.6 Å². The zero-order valence-electron chi connectivity index (χ0n) is 18.4. The molecule has 5 rings (SSSR count). The Morgan fingerprint density at radius 1 is 1.00 bits per heavy atom. The maximum absolute atomic E-state index is 13.0. The van der Waals surface area contributed by atoms with Crippen LogP contribution in [0.2, 0.25) is 0 Å². The third kappa shape index (κ3) is 4.22. The third-order valence-electron chi connectivity index (χ3n) is 6.22. The summed E-state index contributed by atoms with van der Waals surface area (Å²) in [5.41, 5.74) is 4.89. The van der Waals surface area contributed by atoms with Crippen LogP contribution in [-0.4, -0.2) is 51.8 Å². The van der Waals surface area contributed by atoms with Gasteiger partial charge in [-0.15, -0.1) is 0 Å². The number of nitrogens with one attached hydrogen (secondary N) is 2. The quantitative estimate of drug-likeness (QED) is 0.505. The van der Waals surface area contributed by atoms with E-state index in [1.54, 1.807) is 24.2 Å². The van der Waals surface area contributed by atoms with Crippen LogP contribution in [0.3, 0.4) is 0 Å². The highest BCUT2D eigenvalue weighted by molar-refractivity contribution is 5.93. The number of carbonyl (C=O) groups is 2. The van der Waals surface area contributed by atoms with E-state index in [9.17, 15) is 9.59 Å².